The Balaban J connectivity index is 2.31. The predicted octanol–water partition coefficient (Wildman–Crippen LogP) is 2.52. The highest BCUT2D eigenvalue weighted by atomic mass is 32.2. The van der Waals surface area contributed by atoms with Crippen molar-refractivity contribution >= 4 is 17.7 Å². The Labute approximate surface area is 124 Å². The number of aromatic nitrogens is 2. The van der Waals surface area contributed by atoms with Crippen molar-refractivity contribution in [2.24, 2.45) is 0 Å². The molecule has 110 valence electrons. The molecule has 0 aliphatic carbocycles. The lowest BCUT2D eigenvalue weighted by Gasteiger charge is -2.08. The molecule has 2 aromatic rings. The summed E-state index contributed by atoms with van der Waals surface area (Å²) in [6, 6.07) is 4.39. The molecular formula is C14H13FN2O3S. The van der Waals surface area contributed by atoms with E-state index in [9.17, 15) is 19.1 Å². The first kappa shape index (κ1) is 15.2. The highest BCUT2D eigenvalue weighted by Crippen LogP contribution is 2.26. The molecular weight excluding hydrogens is 295 g/mol. The number of thioether (sulfide) groups is 1. The maximum Gasteiger partial charge on any atom is 0.346 e. The number of halogens is 1. The molecule has 0 spiro atoms. The Kier molecular flexibility index (Phi) is 4.42. The van der Waals surface area contributed by atoms with Crippen LogP contribution in [0.2, 0.25) is 0 Å². The van der Waals surface area contributed by atoms with Crippen LogP contribution in [0.15, 0.2) is 28.0 Å². The Morgan fingerprint density at radius 1 is 1.43 bits per heavy atom. The quantitative estimate of drug-likeness (QED) is 0.670. The average molecular weight is 308 g/mol. The van der Waals surface area contributed by atoms with E-state index in [1.807, 2.05) is 0 Å². The van der Waals surface area contributed by atoms with Crippen molar-refractivity contribution in [3.05, 3.63) is 56.9 Å². The first-order valence-corrected chi connectivity index (χ1v) is 7.09. The molecule has 1 aromatic carbocycles. The van der Waals surface area contributed by atoms with Gasteiger partial charge in [0.15, 0.2) is 0 Å². The number of aryl methyl sites for hydroxylation is 2. The molecule has 0 fully saturated rings. The van der Waals surface area contributed by atoms with Crippen molar-refractivity contribution in [3.8, 4) is 0 Å². The molecule has 1 heterocycles. The van der Waals surface area contributed by atoms with Gasteiger partial charge in [-0.15, -0.1) is 11.8 Å². The summed E-state index contributed by atoms with van der Waals surface area (Å²) in [6.07, 6.45) is 0. The minimum atomic E-state index is -1.14. The molecule has 2 rings (SSSR count). The number of carboxylic acids is 1. The zero-order valence-corrected chi connectivity index (χ0v) is 12.3. The van der Waals surface area contributed by atoms with Gasteiger partial charge in [0.1, 0.15) is 16.4 Å². The fourth-order valence-corrected chi connectivity index (χ4v) is 3.03. The first-order chi connectivity index (χ1) is 9.88. The normalized spacial score (nSPS) is 10.6. The first-order valence-electron chi connectivity index (χ1n) is 6.10. The van der Waals surface area contributed by atoms with Gasteiger partial charge in [-0.2, -0.15) is 4.98 Å². The van der Waals surface area contributed by atoms with E-state index in [2.05, 4.69) is 9.97 Å². The minimum absolute atomic E-state index is 0.0145. The second kappa shape index (κ2) is 6.09. The molecule has 1 aromatic heterocycles. The molecule has 0 bridgehead atoms. The summed E-state index contributed by atoms with van der Waals surface area (Å²) in [4.78, 5) is 28.7. The lowest BCUT2D eigenvalue weighted by Crippen LogP contribution is -2.18. The molecule has 0 saturated carbocycles. The van der Waals surface area contributed by atoms with Gasteiger partial charge in [-0.05, 0) is 37.1 Å². The molecule has 0 aliphatic heterocycles. The monoisotopic (exact) mass is 308 g/mol. The molecule has 2 N–H and O–H groups in total. The Bertz CT molecular complexity index is 758. The maximum absolute atomic E-state index is 13.0. The van der Waals surface area contributed by atoms with Crippen molar-refractivity contribution in [2.45, 2.75) is 24.6 Å². The molecule has 0 unspecified atom stereocenters. The number of benzene rings is 1. The van der Waals surface area contributed by atoms with Gasteiger partial charge in [0.25, 0.3) is 0 Å². The van der Waals surface area contributed by atoms with Crippen LogP contribution in [-0.4, -0.2) is 21.0 Å². The van der Waals surface area contributed by atoms with Gasteiger partial charge in [0.2, 0.25) is 0 Å². The number of hydrogen-bond acceptors (Lipinski definition) is 4. The molecule has 7 heteroatoms. The molecule has 0 atom stereocenters. The summed E-state index contributed by atoms with van der Waals surface area (Å²) in [5, 5.41) is 9.36. The van der Waals surface area contributed by atoms with E-state index in [1.54, 1.807) is 13.0 Å². The number of aromatic amines is 1. The van der Waals surface area contributed by atoms with Gasteiger partial charge in [0, 0.05) is 11.4 Å². The van der Waals surface area contributed by atoms with Crippen LogP contribution in [0, 0.1) is 19.7 Å². The topological polar surface area (TPSA) is 83.0 Å². The van der Waals surface area contributed by atoms with E-state index in [-0.39, 0.29) is 22.1 Å². The zero-order valence-electron chi connectivity index (χ0n) is 11.4. The third kappa shape index (κ3) is 3.49. The second-order valence-electron chi connectivity index (χ2n) is 4.51. The number of nitrogens with zero attached hydrogens (tertiary/aromatic N) is 1. The summed E-state index contributed by atoms with van der Waals surface area (Å²) in [6.45, 7) is 3.29. The molecule has 0 aliphatic rings. The van der Waals surface area contributed by atoms with Gasteiger partial charge in [0.05, 0.1) is 0 Å². The van der Waals surface area contributed by atoms with Gasteiger partial charge < -0.3 is 10.1 Å². The number of H-pyrrole nitrogens is 1. The molecule has 0 radical (unpaired) electrons. The Morgan fingerprint density at radius 2 is 2.14 bits per heavy atom. The average Bonchev–Trinajstić information content (AvgIpc) is 2.36. The van der Waals surface area contributed by atoms with Gasteiger partial charge in [-0.25, -0.2) is 14.0 Å². The number of nitrogens with one attached hydrogen (secondary N) is 1. The second-order valence-corrected chi connectivity index (χ2v) is 5.48. The van der Waals surface area contributed by atoms with E-state index in [0.717, 1.165) is 22.9 Å². The summed E-state index contributed by atoms with van der Waals surface area (Å²) >= 11 is 1.14. The number of carbonyl (C=O) groups is 1. The highest BCUT2D eigenvalue weighted by Gasteiger charge is 2.17. The van der Waals surface area contributed by atoms with Crippen LogP contribution in [-0.2, 0) is 5.75 Å². The van der Waals surface area contributed by atoms with Crippen molar-refractivity contribution in [1.82, 2.24) is 9.97 Å². The van der Waals surface area contributed by atoms with E-state index in [1.165, 1.54) is 19.1 Å². The standard InChI is InChI=1S/C14H13FN2O3S/c1-7-5-10(15)4-3-9(7)6-21-12-11(13(18)19)8(2)16-14(20)17-12/h3-5H,6H2,1-2H3,(H,18,19)(H,16,17,20). The van der Waals surface area contributed by atoms with Crippen LogP contribution >= 0.6 is 11.8 Å². The summed E-state index contributed by atoms with van der Waals surface area (Å²) < 4.78 is 13.0. The SMILES string of the molecule is Cc1cc(F)ccc1CSc1nc(=O)[nH]c(C)c1C(=O)O. The van der Waals surface area contributed by atoms with Crippen LogP contribution in [0.1, 0.15) is 27.2 Å². The Hall–Kier alpha value is -2.15. The van der Waals surface area contributed by atoms with Crippen LogP contribution in [0.5, 0.6) is 0 Å². The molecule has 21 heavy (non-hydrogen) atoms. The number of hydrogen-bond donors (Lipinski definition) is 2. The van der Waals surface area contributed by atoms with E-state index in [0.29, 0.717) is 5.75 Å². The third-order valence-corrected chi connectivity index (χ3v) is 3.99. The number of carboxylic acid groups (broad SMARTS) is 1. The van der Waals surface area contributed by atoms with Gasteiger partial charge in [-0.3, -0.25) is 0 Å². The van der Waals surface area contributed by atoms with Crippen LogP contribution in [0.3, 0.4) is 0 Å². The lowest BCUT2D eigenvalue weighted by molar-refractivity contribution is 0.0690. The smallest absolute Gasteiger partial charge is 0.346 e. The summed E-state index contributed by atoms with van der Waals surface area (Å²) in [7, 11) is 0. The van der Waals surface area contributed by atoms with Crippen molar-refractivity contribution in [1.29, 1.82) is 0 Å². The highest BCUT2D eigenvalue weighted by molar-refractivity contribution is 7.98. The molecule has 0 amide bonds. The molecule has 0 saturated heterocycles. The van der Waals surface area contributed by atoms with E-state index < -0.39 is 11.7 Å². The maximum atomic E-state index is 13.0. The van der Waals surface area contributed by atoms with Crippen LogP contribution in [0.25, 0.3) is 0 Å². The van der Waals surface area contributed by atoms with Gasteiger partial charge in [-0.1, -0.05) is 6.07 Å². The van der Waals surface area contributed by atoms with Crippen LogP contribution in [0.4, 0.5) is 4.39 Å². The van der Waals surface area contributed by atoms with Crippen LogP contribution < -0.4 is 5.69 Å². The van der Waals surface area contributed by atoms with E-state index >= 15 is 0 Å². The summed E-state index contributed by atoms with van der Waals surface area (Å²) in [5.74, 6) is -1.06. The van der Waals surface area contributed by atoms with Crippen molar-refractivity contribution < 1.29 is 14.3 Å². The lowest BCUT2D eigenvalue weighted by atomic mass is 10.1. The fraction of sp³-hybridized carbons (Fsp3) is 0.214. The predicted molar refractivity (Wildman–Crippen MR) is 77.3 cm³/mol. The molecule has 5 nitrogen and oxygen atoms in total. The van der Waals surface area contributed by atoms with Crippen molar-refractivity contribution in [3.63, 3.8) is 0 Å². The Morgan fingerprint density at radius 3 is 2.76 bits per heavy atom. The number of aromatic carboxylic acids is 1. The largest absolute Gasteiger partial charge is 0.478 e. The zero-order chi connectivity index (χ0) is 15.6. The van der Waals surface area contributed by atoms with Crippen molar-refractivity contribution in [2.75, 3.05) is 0 Å². The number of rotatable bonds is 4. The van der Waals surface area contributed by atoms with E-state index in [4.69, 9.17) is 0 Å². The minimum Gasteiger partial charge on any atom is -0.478 e. The fourth-order valence-electron chi connectivity index (χ4n) is 1.88. The third-order valence-electron chi connectivity index (χ3n) is 2.97. The summed E-state index contributed by atoms with van der Waals surface area (Å²) in [5.41, 5.74) is 1.29. The van der Waals surface area contributed by atoms with Gasteiger partial charge >= 0.3 is 11.7 Å².